The van der Waals surface area contributed by atoms with E-state index in [1.165, 1.54) is 0 Å². The van der Waals surface area contributed by atoms with Crippen LogP contribution in [0.15, 0.2) is 0 Å². The number of rotatable bonds is 5. The van der Waals surface area contributed by atoms with Crippen LogP contribution in [-0.4, -0.2) is 58.8 Å². The maximum atomic E-state index is 12.0. The molecule has 28 heavy (non-hydrogen) atoms. The Morgan fingerprint density at radius 2 is 1.57 bits per heavy atom. The SMILES string of the molecule is C[C@@H]1O[C@H](CO[Si](C)(C)C(C)(C)C)[C@@H](O[Si](C)(C)C(C)(C)C)[C@@H]2CC(=O)ON12. The summed E-state index contributed by atoms with van der Waals surface area (Å²) in [5, 5.41) is 1.87. The van der Waals surface area contributed by atoms with Crippen LogP contribution in [0.5, 0.6) is 0 Å². The highest BCUT2D eigenvalue weighted by molar-refractivity contribution is 6.74. The van der Waals surface area contributed by atoms with Gasteiger partial charge in [0.05, 0.1) is 25.2 Å². The van der Waals surface area contributed by atoms with Crippen LogP contribution in [0.1, 0.15) is 54.9 Å². The van der Waals surface area contributed by atoms with Crippen molar-refractivity contribution in [2.75, 3.05) is 6.61 Å². The van der Waals surface area contributed by atoms with E-state index in [-0.39, 0.29) is 40.5 Å². The first-order chi connectivity index (χ1) is 12.5. The van der Waals surface area contributed by atoms with E-state index in [0.717, 1.165) is 0 Å². The van der Waals surface area contributed by atoms with Crippen LogP contribution in [0.3, 0.4) is 0 Å². The summed E-state index contributed by atoms with van der Waals surface area (Å²) in [5.74, 6) is -0.213. The Kier molecular flexibility index (Phi) is 6.67. The second kappa shape index (κ2) is 7.78. The number of ether oxygens (including phenoxy) is 1. The third kappa shape index (κ3) is 4.90. The molecular weight excluding hydrogens is 390 g/mol. The Morgan fingerprint density at radius 1 is 1.04 bits per heavy atom. The average molecular weight is 432 g/mol. The summed E-state index contributed by atoms with van der Waals surface area (Å²) >= 11 is 0. The molecule has 6 nitrogen and oxygen atoms in total. The molecule has 2 fully saturated rings. The zero-order valence-corrected chi connectivity index (χ0v) is 21.7. The van der Waals surface area contributed by atoms with Crippen LogP contribution < -0.4 is 0 Å². The first kappa shape index (κ1) is 24.0. The number of hydroxylamine groups is 2. The number of hydrogen-bond acceptors (Lipinski definition) is 6. The Labute approximate surface area is 173 Å². The van der Waals surface area contributed by atoms with Crippen LogP contribution >= 0.6 is 0 Å². The molecule has 2 saturated heterocycles. The van der Waals surface area contributed by atoms with Gasteiger partial charge in [0.25, 0.3) is 0 Å². The first-order valence-corrected chi connectivity index (χ1v) is 16.2. The summed E-state index contributed by atoms with van der Waals surface area (Å²) in [5.41, 5.74) is 0. The minimum absolute atomic E-state index is 0.0647. The minimum atomic E-state index is -2.07. The molecular formula is C20H41NO5Si2. The molecule has 8 heteroatoms. The van der Waals surface area contributed by atoms with Gasteiger partial charge < -0.3 is 18.4 Å². The molecule has 0 N–H and O–H groups in total. The van der Waals surface area contributed by atoms with Crippen molar-refractivity contribution in [3.05, 3.63) is 0 Å². The van der Waals surface area contributed by atoms with E-state index in [1.807, 2.05) is 6.92 Å². The highest BCUT2D eigenvalue weighted by Crippen LogP contribution is 2.42. The van der Waals surface area contributed by atoms with E-state index in [4.69, 9.17) is 18.4 Å². The lowest BCUT2D eigenvalue weighted by molar-refractivity contribution is -0.294. The van der Waals surface area contributed by atoms with Gasteiger partial charge in [-0.3, -0.25) is 4.79 Å². The molecule has 0 amide bonds. The van der Waals surface area contributed by atoms with Crippen molar-refractivity contribution in [1.29, 1.82) is 0 Å². The van der Waals surface area contributed by atoms with Gasteiger partial charge in [-0.1, -0.05) is 41.5 Å². The van der Waals surface area contributed by atoms with Gasteiger partial charge >= 0.3 is 5.97 Å². The number of nitrogens with zero attached hydrogens (tertiary/aromatic N) is 1. The van der Waals surface area contributed by atoms with Gasteiger partial charge in [0.1, 0.15) is 12.3 Å². The zero-order chi connectivity index (χ0) is 21.7. The van der Waals surface area contributed by atoms with E-state index in [9.17, 15) is 4.79 Å². The Balaban J connectivity index is 2.26. The minimum Gasteiger partial charge on any atom is -0.414 e. The molecule has 0 spiro atoms. The van der Waals surface area contributed by atoms with E-state index in [1.54, 1.807) is 5.06 Å². The van der Waals surface area contributed by atoms with E-state index < -0.39 is 16.6 Å². The van der Waals surface area contributed by atoms with Crippen molar-refractivity contribution in [2.45, 2.75) is 116 Å². The van der Waals surface area contributed by atoms with Gasteiger partial charge in [-0.15, -0.1) is 5.06 Å². The fourth-order valence-electron chi connectivity index (χ4n) is 3.04. The number of carbonyl (C=O) groups excluding carboxylic acids is 1. The zero-order valence-electron chi connectivity index (χ0n) is 19.7. The molecule has 2 aliphatic rings. The topological polar surface area (TPSA) is 57.2 Å². The van der Waals surface area contributed by atoms with E-state index >= 15 is 0 Å². The molecule has 0 aromatic heterocycles. The average Bonchev–Trinajstić information content (AvgIpc) is 2.88. The van der Waals surface area contributed by atoms with Crippen molar-refractivity contribution < 1.29 is 23.2 Å². The number of fused-ring (bicyclic) bond motifs is 1. The summed E-state index contributed by atoms with van der Waals surface area (Å²) in [6.45, 7) is 24.7. The fourth-order valence-corrected chi connectivity index (χ4v) is 5.40. The van der Waals surface area contributed by atoms with E-state index in [0.29, 0.717) is 13.0 Å². The number of carbonyl (C=O) groups is 1. The molecule has 0 aromatic carbocycles. The third-order valence-electron chi connectivity index (χ3n) is 7.04. The lowest BCUT2D eigenvalue weighted by Gasteiger charge is -2.48. The van der Waals surface area contributed by atoms with Crippen LogP contribution in [0.4, 0.5) is 0 Å². The monoisotopic (exact) mass is 431 g/mol. The molecule has 2 rings (SSSR count). The van der Waals surface area contributed by atoms with Gasteiger partial charge in [0.2, 0.25) is 0 Å². The third-order valence-corrected chi connectivity index (χ3v) is 16.0. The smallest absolute Gasteiger partial charge is 0.327 e. The van der Waals surface area contributed by atoms with Gasteiger partial charge in [-0.2, -0.15) is 0 Å². The van der Waals surface area contributed by atoms with Crippen LogP contribution in [-0.2, 0) is 23.2 Å². The second-order valence-electron chi connectivity index (χ2n) is 11.3. The maximum absolute atomic E-state index is 12.0. The summed E-state index contributed by atoms with van der Waals surface area (Å²) in [4.78, 5) is 17.5. The van der Waals surface area contributed by atoms with Crippen LogP contribution in [0.25, 0.3) is 0 Å². The van der Waals surface area contributed by atoms with Gasteiger partial charge in [-0.05, 0) is 43.2 Å². The summed E-state index contributed by atoms with van der Waals surface area (Å²) in [6, 6.07) is -0.126. The quantitative estimate of drug-likeness (QED) is 0.589. The Hall–Kier alpha value is -0.256. The Morgan fingerprint density at radius 3 is 2.07 bits per heavy atom. The molecule has 4 atom stereocenters. The first-order valence-electron chi connectivity index (χ1n) is 10.4. The molecule has 0 saturated carbocycles. The molecule has 0 aromatic rings. The highest BCUT2D eigenvalue weighted by atomic mass is 28.4. The van der Waals surface area contributed by atoms with Crippen LogP contribution in [0.2, 0.25) is 36.3 Å². The largest absolute Gasteiger partial charge is 0.414 e. The maximum Gasteiger partial charge on any atom is 0.327 e. The van der Waals surface area contributed by atoms with Crippen molar-refractivity contribution in [1.82, 2.24) is 5.06 Å². The molecule has 0 aliphatic carbocycles. The van der Waals surface area contributed by atoms with Gasteiger partial charge in [0.15, 0.2) is 16.6 Å². The Bertz CT molecular complexity index is 582. The van der Waals surface area contributed by atoms with Gasteiger partial charge in [0, 0.05) is 0 Å². The summed E-state index contributed by atoms with van der Waals surface area (Å²) in [7, 11) is -3.99. The van der Waals surface area contributed by atoms with Crippen molar-refractivity contribution >= 4 is 22.6 Å². The van der Waals surface area contributed by atoms with Crippen molar-refractivity contribution in [2.24, 2.45) is 0 Å². The summed E-state index contributed by atoms with van der Waals surface area (Å²) in [6.07, 6.45) is -0.421. The molecule has 2 heterocycles. The molecule has 2 aliphatic heterocycles. The second-order valence-corrected chi connectivity index (χ2v) is 20.8. The van der Waals surface area contributed by atoms with E-state index in [2.05, 4.69) is 67.7 Å². The predicted octanol–water partition coefficient (Wildman–Crippen LogP) is 4.68. The van der Waals surface area contributed by atoms with Gasteiger partial charge in [-0.25, -0.2) is 0 Å². The molecule has 0 radical (unpaired) electrons. The van der Waals surface area contributed by atoms with Crippen LogP contribution in [0, 0.1) is 0 Å². The molecule has 0 bridgehead atoms. The normalized spacial score (nSPS) is 30.3. The highest BCUT2D eigenvalue weighted by Gasteiger charge is 2.53. The molecule has 164 valence electrons. The fraction of sp³-hybridized carbons (Fsp3) is 0.950. The lowest BCUT2D eigenvalue weighted by atomic mass is 10.0. The molecule has 0 unspecified atom stereocenters. The van der Waals surface area contributed by atoms with Crippen molar-refractivity contribution in [3.63, 3.8) is 0 Å². The lowest BCUT2D eigenvalue weighted by Crippen LogP contribution is -2.62. The summed E-state index contributed by atoms with van der Waals surface area (Å²) < 4.78 is 19.6. The number of hydrogen-bond donors (Lipinski definition) is 0. The van der Waals surface area contributed by atoms with Crippen molar-refractivity contribution in [3.8, 4) is 0 Å². The standard InChI is InChI=1S/C20H41NO5Si2/c1-14-21-15(12-17(22)25-21)18(26-28(10,11)20(5,6)7)16(24-14)13-23-27(8,9)19(2,3)4/h14-16,18H,12-13H2,1-11H3/t14-,15-,16+,18-/m0/s1. The predicted molar refractivity (Wildman–Crippen MR) is 116 cm³/mol.